The number of benzene rings is 3. The second kappa shape index (κ2) is 12.7. The van der Waals surface area contributed by atoms with Crippen molar-refractivity contribution in [3.05, 3.63) is 94.6 Å². The van der Waals surface area contributed by atoms with Crippen LogP contribution in [-0.2, 0) is 17.9 Å². The highest BCUT2D eigenvalue weighted by atomic mass is 35.5. The molecule has 0 unspecified atom stereocenters. The van der Waals surface area contributed by atoms with Crippen LogP contribution in [0.1, 0.15) is 28.4 Å². The van der Waals surface area contributed by atoms with Crippen molar-refractivity contribution in [2.45, 2.75) is 20.0 Å². The van der Waals surface area contributed by atoms with Crippen LogP contribution in [0.5, 0.6) is 5.75 Å². The monoisotopic (exact) mass is 571 g/mol. The lowest BCUT2D eigenvalue weighted by Gasteiger charge is -2.20. The average Bonchev–Trinajstić information content (AvgIpc) is 3.12. The first kappa shape index (κ1) is 27.9. The largest absolute Gasteiger partial charge is 0.495 e. The van der Waals surface area contributed by atoms with E-state index in [9.17, 15) is 9.59 Å². The Morgan fingerprint density at radius 3 is 2.61 bits per heavy atom. The Morgan fingerprint density at radius 1 is 1.05 bits per heavy atom. The predicted molar refractivity (Wildman–Crippen MR) is 160 cm³/mol. The van der Waals surface area contributed by atoms with Crippen molar-refractivity contribution in [2.24, 2.45) is 0 Å². The maximum atomic E-state index is 12.8. The number of nitrogens with one attached hydrogen (secondary N) is 4. The van der Waals surface area contributed by atoms with Gasteiger partial charge in [-0.25, -0.2) is 4.98 Å². The normalized spacial score (nSPS) is 13.0. The van der Waals surface area contributed by atoms with Gasteiger partial charge in [-0.15, -0.1) is 0 Å². The molecule has 41 heavy (non-hydrogen) atoms. The zero-order valence-electron chi connectivity index (χ0n) is 22.7. The molecule has 3 aromatic carbocycles. The lowest BCUT2D eigenvalue weighted by Crippen LogP contribution is -2.29. The number of methoxy groups -OCH3 is 1. The minimum absolute atomic E-state index is 0.101. The number of para-hydroxylation sites is 1. The molecule has 2 heterocycles. The third-order valence-corrected chi connectivity index (χ3v) is 6.74. The van der Waals surface area contributed by atoms with Crippen molar-refractivity contribution in [2.75, 3.05) is 36.1 Å². The molecule has 0 fully saturated rings. The lowest BCUT2D eigenvalue weighted by molar-refractivity contribution is -0.117. The Kier molecular flexibility index (Phi) is 8.61. The highest BCUT2D eigenvalue weighted by Crippen LogP contribution is 2.36. The fraction of sp³-hybridized carbons (Fsp3) is 0.200. The molecular formula is C30H30ClN7O3. The van der Waals surface area contributed by atoms with Gasteiger partial charge in [-0.1, -0.05) is 54.1 Å². The van der Waals surface area contributed by atoms with E-state index in [1.165, 1.54) is 6.20 Å². The fourth-order valence-corrected chi connectivity index (χ4v) is 4.73. The van der Waals surface area contributed by atoms with Crippen LogP contribution in [0, 0.1) is 0 Å². The maximum absolute atomic E-state index is 12.8. The van der Waals surface area contributed by atoms with Gasteiger partial charge in [-0.05, 0) is 42.3 Å². The number of ether oxygens (including phenoxy) is 1. The summed E-state index contributed by atoms with van der Waals surface area (Å²) < 4.78 is 5.68. The van der Waals surface area contributed by atoms with Gasteiger partial charge in [0.1, 0.15) is 10.8 Å². The Bertz CT molecular complexity index is 1570. The summed E-state index contributed by atoms with van der Waals surface area (Å²) in [6, 6.07) is 20.9. The van der Waals surface area contributed by atoms with E-state index in [1.54, 1.807) is 25.3 Å². The summed E-state index contributed by atoms with van der Waals surface area (Å²) in [6.45, 7) is 3.84. The zero-order chi connectivity index (χ0) is 28.8. The second-order valence-electron chi connectivity index (χ2n) is 9.43. The third-order valence-electron chi connectivity index (χ3n) is 6.46. The van der Waals surface area contributed by atoms with E-state index >= 15 is 0 Å². The van der Waals surface area contributed by atoms with Crippen LogP contribution >= 0.6 is 11.6 Å². The minimum atomic E-state index is -0.210. The molecule has 2 amide bonds. The number of carbonyl (C=O) groups is 2. The van der Waals surface area contributed by atoms with Gasteiger partial charge in [0, 0.05) is 25.3 Å². The number of aromatic nitrogens is 2. The molecule has 10 nitrogen and oxygen atoms in total. The van der Waals surface area contributed by atoms with Crippen LogP contribution < -0.4 is 26.0 Å². The first-order chi connectivity index (χ1) is 19.9. The van der Waals surface area contributed by atoms with E-state index in [0.29, 0.717) is 53.8 Å². The van der Waals surface area contributed by atoms with Gasteiger partial charge in [0.05, 0.1) is 36.8 Å². The average molecular weight is 572 g/mol. The van der Waals surface area contributed by atoms with Crippen molar-refractivity contribution in [3.8, 4) is 5.75 Å². The summed E-state index contributed by atoms with van der Waals surface area (Å²) in [4.78, 5) is 36.2. The molecule has 0 bridgehead atoms. The molecule has 1 aliphatic heterocycles. The fourth-order valence-electron chi connectivity index (χ4n) is 4.59. The van der Waals surface area contributed by atoms with E-state index in [1.807, 2.05) is 55.5 Å². The van der Waals surface area contributed by atoms with Crippen molar-refractivity contribution in [3.63, 3.8) is 0 Å². The molecule has 0 radical (unpaired) electrons. The van der Waals surface area contributed by atoms with Crippen LogP contribution in [0.2, 0.25) is 5.02 Å². The molecule has 1 aromatic heterocycles. The van der Waals surface area contributed by atoms with Gasteiger partial charge in [-0.3, -0.25) is 14.5 Å². The molecule has 0 saturated heterocycles. The van der Waals surface area contributed by atoms with Gasteiger partial charge in [0.25, 0.3) is 5.91 Å². The zero-order valence-corrected chi connectivity index (χ0v) is 23.5. The van der Waals surface area contributed by atoms with E-state index in [4.69, 9.17) is 16.3 Å². The maximum Gasteiger partial charge on any atom is 0.253 e. The van der Waals surface area contributed by atoms with E-state index in [-0.39, 0.29) is 29.3 Å². The minimum Gasteiger partial charge on any atom is -0.495 e. The number of anilines is 5. The summed E-state index contributed by atoms with van der Waals surface area (Å²) >= 11 is 6.41. The van der Waals surface area contributed by atoms with Crippen LogP contribution in [0.4, 0.5) is 28.8 Å². The summed E-state index contributed by atoms with van der Waals surface area (Å²) in [5.74, 6) is 0.819. The first-order valence-corrected chi connectivity index (χ1v) is 13.5. The Morgan fingerprint density at radius 2 is 1.83 bits per heavy atom. The smallest absolute Gasteiger partial charge is 0.253 e. The summed E-state index contributed by atoms with van der Waals surface area (Å²) in [5.41, 5.74) is 4.32. The molecule has 0 spiro atoms. The number of halogens is 1. The Balaban J connectivity index is 1.39. The molecular weight excluding hydrogens is 542 g/mol. The SMILES string of the molecule is CCNC(=O)c1ccccc1Nc1nc(Nc2cc3c(cc2OC)CN(Cc2ccccc2)CC(=O)N3)ncc1Cl. The van der Waals surface area contributed by atoms with Gasteiger partial charge >= 0.3 is 0 Å². The Hall–Kier alpha value is -4.67. The molecule has 4 N–H and O–H groups in total. The van der Waals surface area contributed by atoms with Gasteiger partial charge in [0.15, 0.2) is 5.82 Å². The quantitative estimate of drug-likeness (QED) is 0.213. The molecule has 0 atom stereocenters. The molecule has 1 aliphatic rings. The number of carbonyl (C=O) groups excluding carboxylic acids is 2. The third kappa shape index (κ3) is 6.74. The predicted octanol–water partition coefficient (Wildman–Crippen LogP) is 5.33. The summed E-state index contributed by atoms with van der Waals surface area (Å²) in [5, 5.41) is 12.4. The molecule has 0 saturated carbocycles. The van der Waals surface area contributed by atoms with Gasteiger partial charge in [-0.2, -0.15) is 4.98 Å². The first-order valence-electron chi connectivity index (χ1n) is 13.1. The highest BCUT2D eigenvalue weighted by Gasteiger charge is 2.22. The number of hydrogen-bond donors (Lipinski definition) is 4. The van der Waals surface area contributed by atoms with Gasteiger partial charge < -0.3 is 26.0 Å². The van der Waals surface area contributed by atoms with Crippen LogP contribution in [0.25, 0.3) is 0 Å². The number of nitrogens with zero attached hydrogens (tertiary/aromatic N) is 3. The molecule has 4 aromatic rings. The van der Waals surface area contributed by atoms with E-state index in [0.717, 1.165) is 11.1 Å². The second-order valence-corrected chi connectivity index (χ2v) is 9.84. The summed E-state index contributed by atoms with van der Waals surface area (Å²) in [7, 11) is 1.58. The van der Waals surface area contributed by atoms with Crippen LogP contribution in [0.3, 0.4) is 0 Å². The molecule has 210 valence electrons. The number of amides is 2. The van der Waals surface area contributed by atoms with Crippen molar-refractivity contribution < 1.29 is 14.3 Å². The topological polar surface area (TPSA) is 121 Å². The lowest BCUT2D eigenvalue weighted by atomic mass is 10.1. The molecule has 0 aliphatic carbocycles. The highest BCUT2D eigenvalue weighted by molar-refractivity contribution is 6.33. The van der Waals surface area contributed by atoms with Gasteiger partial charge in [0.2, 0.25) is 11.9 Å². The van der Waals surface area contributed by atoms with Crippen molar-refractivity contribution >= 4 is 52.2 Å². The molecule has 11 heteroatoms. The standard InChI is InChI=1S/C30H30ClN7O3/c1-3-32-29(40)21-11-7-8-12-23(21)35-28-22(31)15-33-30(37-28)36-25-14-24-20(13-26(25)41-2)17-38(18-27(39)34-24)16-19-9-5-4-6-10-19/h4-15H,3,16-18H2,1-2H3,(H,32,40)(H,34,39)(H2,33,35,36,37). The van der Waals surface area contributed by atoms with Crippen LogP contribution in [0.15, 0.2) is 72.9 Å². The Labute approximate surface area is 243 Å². The van der Waals surface area contributed by atoms with E-state index < -0.39 is 0 Å². The van der Waals surface area contributed by atoms with Crippen molar-refractivity contribution in [1.29, 1.82) is 0 Å². The van der Waals surface area contributed by atoms with Crippen LogP contribution in [-0.4, -0.2) is 46.9 Å². The number of fused-ring (bicyclic) bond motifs is 1. The number of hydrogen-bond acceptors (Lipinski definition) is 8. The summed E-state index contributed by atoms with van der Waals surface area (Å²) in [6.07, 6.45) is 1.47. The number of rotatable bonds is 9. The van der Waals surface area contributed by atoms with Crippen molar-refractivity contribution in [1.82, 2.24) is 20.2 Å². The molecule has 5 rings (SSSR count). The van der Waals surface area contributed by atoms with E-state index in [2.05, 4.69) is 36.1 Å².